The number of rotatable bonds is 2. The molecule has 0 atom stereocenters. The third-order valence-corrected chi connectivity index (χ3v) is 2.98. The van der Waals surface area contributed by atoms with Crippen molar-refractivity contribution in [1.82, 2.24) is 14.6 Å². The van der Waals surface area contributed by atoms with E-state index in [1.54, 1.807) is 40.9 Å². The van der Waals surface area contributed by atoms with Gasteiger partial charge in [0.05, 0.1) is 0 Å². The van der Waals surface area contributed by atoms with E-state index in [9.17, 15) is 4.39 Å². The lowest BCUT2D eigenvalue weighted by atomic mass is 10.1. The molecule has 0 radical (unpaired) electrons. The quantitative estimate of drug-likeness (QED) is 0.710. The van der Waals surface area contributed by atoms with Crippen molar-refractivity contribution < 1.29 is 4.39 Å². The Labute approximate surface area is 108 Å². The third kappa shape index (κ3) is 1.95. The van der Waals surface area contributed by atoms with E-state index in [1.807, 2.05) is 0 Å². The highest BCUT2D eigenvalue weighted by Crippen LogP contribution is 2.15. The molecule has 0 aliphatic heterocycles. The Morgan fingerprint density at radius 3 is 2.83 bits per heavy atom. The summed E-state index contributed by atoms with van der Waals surface area (Å²) in [5, 5.41) is 8.68. The van der Waals surface area contributed by atoms with Gasteiger partial charge in [0.2, 0.25) is 0 Å². The molecule has 2 aromatic heterocycles. The number of aromatic nitrogens is 3. The summed E-state index contributed by atoms with van der Waals surface area (Å²) in [7, 11) is 0. The predicted octanol–water partition coefficient (Wildman–Crippen LogP) is 3.11. The molecule has 0 N–H and O–H groups in total. The van der Waals surface area contributed by atoms with Gasteiger partial charge in [0.15, 0.2) is 5.65 Å². The van der Waals surface area contributed by atoms with Crippen LogP contribution in [0.3, 0.4) is 0 Å². The molecule has 1 aromatic carbocycles. The topological polar surface area (TPSA) is 30.2 Å². The largest absolute Gasteiger partial charge is 0.286 e. The number of halogens is 2. The van der Waals surface area contributed by atoms with E-state index >= 15 is 0 Å². The lowest BCUT2D eigenvalue weighted by Gasteiger charge is -2.02. The molecule has 0 aliphatic carbocycles. The summed E-state index contributed by atoms with van der Waals surface area (Å²) >= 11 is 5.87. The zero-order valence-corrected chi connectivity index (χ0v) is 10.1. The van der Waals surface area contributed by atoms with Crippen molar-refractivity contribution in [3.05, 3.63) is 64.8 Å². The number of benzene rings is 1. The van der Waals surface area contributed by atoms with Crippen LogP contribution in [0.2, 0.25) is 5.02 Å². The summed E-state index contributed by atoms with van der Waals surface area (Å²) in [5.74, 6) is 0.454. The van der Waals surface area contributed by atoms with Gasteiger partial charge in [-0.15, -0.1) is 10.2 Å². The van der Waals surface area contributed by atoms with Crippen LogP contribution in [0.15, 0.2) is 42.6 Å². The van der Waals surface area contributed by atoms with Gasteiger partial charge in [0.25, 0.3) is 0 Å². The Morgan fingerprint density at radius 1 is 1.17 bits per heavy atom. The monoisotopic (exact) mass is 261 g/mol. The van der Waals surface area contributed by atoms with Crippen molar-refractivity contribution in [2.24, 2.45) is 0 Å². The first-order valence-electron chi connectivity index (χ1n) is 5.46. The molecule has 0 aliphatic rings. The molecule has 2 heterocycles. The summed E-state index contributed by atoms with van der Waals surface area (Å²) < 4.78 is 15.4. The van der Waals surface area contributed by atoms with Gasteiger partial charge in [0, 0.05) is 23.7 Å². The second kappa shape index (κ2) is 4.38. The molecule has 0 saturated heterocycles. The van der Waals surface area contributed by atoms with Gasteiger partial charge in [-0.1, -0.05) is 29.8 Å². The second-order valence-corrected chi connectivity index (χ2v) is 4.39. The van der Waals surface area contributed by atoms with Crippen molar-refractivity contribution >= 4 is 17.2 Å². The fourth-order valence-corrected chi connectivity index (χ4v) is 2.00. The second-order valence-electron chi connectivity index (χ2n) is 3.96. The minimum absolute atomic E-state index is 0.233. The molecule has 0 fully saturated rings. The van der Waals surface area contributed by atoms with E-state index in [1.165, 1.54) is 6.07 Å². The Balaban J connectivity index is 2.03. The van der Waals surface area contributed by atoms with Crippen LogP contribution in [0.5, 0.6) is 0 Å². The van der Waals surface area contributed by atoms with Crippen LogP contribution in [0.1, 0.15) is 11.4 Å². The molecule has 0 spiro atoms. The van der Waals surface area contributed by atoms with Gasteiger partial charge in [-0.05, 0) is 17.7 Å². The molecular formula is C13H9ClFN3. The smallest absolute Gasteiger partial charge is 0.162 e. The standard InChI is InChI=1S/C13H9ClFN3/c14-10-5-6-18-12(16-17-13(18)8-10)7-9-3-1-2-4-11(9)15/h1-6,8H,7H2. The van der Waals surface area contributed by atoms with Crippen LogP contribution in [-0.2, 0) is 6.42 Å². The molecule has 90 valence electrons. The molecule has 0 saturated carbocycles. The van der Waals surface area contributed by atoms with E-state index in [-0.39, 0.29) is 5.82 Å². The van der Waals surface area contributed by atoms with Crippen LogP contribution in [0.25, 0.3) is 5.65 Å². The predicted molar refractivity (Wildman–Crippen MR) is 67.2 cm³/mol. The Hall–Kier alpha value is -1.94. The fourth-order valence-electron chi connectivity index (χ4n) is 1.85. The summed E-state index contributed by atoms with van der Waals surface area (Å²) in [6.07, 6.45) is 2.18. The zero-order valence-electron chi connectivity index (χ0n) is 9.35. The van der Waals surface area contributed by atoms with Crippen molar-refractivity contribution in [3.63, 3.8) is 0 Å². The number of pyridine rings is 1. The number of fused-ring (bicyclic) bond motifs is 1. The van der Waals surface area contributed by atoms with Gasteiger partial charge in [0.1, 0.15) is 11.6 Å². The highest BCUT2D eigenvalue weighted by Gasteiger charge is 2.09. The average Bonchev–Trinajstić information content (AvgIpc) is 2.74. The number of hydrogen-bond acceptors (Lipinski definition) is 2. The Kier molecular flexibility index (Phi) is 2.72. The Bertz CT molecular complexity index is 708. The lowest BCUT2D eigenvalue weighted by molar-refractivity contribution is 0.611. The summed E-state index contributed by atoms with van der Waals surface area (Å²) in [6, 6.07) is 10.1. The fraction of sp³-hybridized carbons (Fsp3) is 0.0769. The molecule has 0 amide bonds. The van der Waals surface area contributed by atoms with Gasteiger partial charge < -0.3 is 0 Å². The van der Waals surface area contributed by atoms with Crippen LogP contribution in [0.4, 0.5) is 4.39 Å². The van der Waals surface area contributed by atoms with E-state index in [0.29, 0.717) is 28.5 Å². The zero-order chi connectivity index (χ0) is 12.5. The summed E-state index contributed by atoms with van der Waals surface area (Å²) in [6.45, 7) is 0. The van der Waals surface area contributed by atoms with Gasteiger partial charge >= 0.3 is 0 Å². The molecule has 3 rings (SSSR count). The minimum atomic E-state index is -0.233. The molecule has 0 unspecified atom stereocenters. The van der Waals surface area contributed by atoms with Crippen LogP contribution < -0.4 is 0 Å². The average molecular weight is 262 g/mol. The highest BCUT2D eigenvalue weighted by molar-refractivity contribution is 6.30. The molecule has 18 heavy (non-hydrogen) atoms. The number of hydrogen-bond donors (Lipinski definition) is 0. The maximum Gasteiger partial charge on any atom is 0.162 e. The van der Waals surface area contributed by atoms with Gasteiger partial charge in [-0.3, -0.25) is 4.40 Å². The van der Waals surface area contributed by atoms with Gasteiger partial charge in [-0.25, -0.2) is 4.39 Å². The van der Waals surface area contributed by atoms with E-state index in [0.717, 1.165) is 0 Å². The maximum absolute atomic E-state index is 13.6. The molecule has 5 heteroatoms. The molecular weight excluding hydrogens is 253 g/mol. The first-order chi connectivity index (χ1) is 8.74. The van der Waals surface area contributed by atoms with Crippen molar-refractivity contribution in [2.75, 3.05) is 0 Å². The first kappa shape index (κ1) is 11.2. The minimum Gasteiger partial charge on any atom is -0.286 e. The van der Waals surface area contributed by atoms with Crippen molar-refractivity contribution in [2.45, 2.75) is 6.42 Å². The highest BCUT2D eigenvalue weighted by atomic mass is 35.5. The lowest BCUT2D eigenvalue weighted by Crippen LogP contribution is -1.98. The van der Waals surface area contributed by atoms with Crippen molar-refractivity contribution in [3.8, 4) is 0 Å². The van der Waals surface area contributed by atoms with Crippen LogP contribution in [0, 0.1) is 5.82 Å². The van der Waals surface area contributed by atoms with Crippen LogP contribution >= 0.6 is 11.6 Å². The molecule has 3 nitrogen and oxygen atoms in total. The normalized spacial score (nSPS) is 11.0. The summed E-state index contributed by atoms with van der Waals surface area (Å²) in [4.78, 5) is 0. The number of nitrogens with zero attached hydrogens (tertiary/aromatic N) is 3. The van der Waals surface area contributed by atoms with Crippen molar-refractivity contribution in [1.29, 1.82) is 0 Å². The van der Waals surface area contributed by atoms with Crippen LogP contribution in [-0.4, -0.2) is 14.6 Å². The first-order valence-corrected chi connectivity index (χ1v) is 5.84. The molecule has 3 aromatic rings. The van der Waals surface area contributed by atoms with E-state index in [2.05, 4.69) is 10.2 Å². The molecule has 0 bridgehead atoms. The summed E-state index contributed by atoms with van der Waals surface area (Å²) in [5.41, 5.74) is 1.26. The van der Waals surface area contributed by atoms with E-state index < -0.39 is 0 Å². The third-order valence-electron chi connectivity index (χ3n) is 2.75. The Morgan fingerprint density at radius 2 is 2.00 bits per heavy atom. The SMILES string of the molecule is Fc1ccccc1Cc1nnc2cc(Cl)ccn12. The maximum atomic E-state index is 13.6. The van der Waals surface area contributed by atoms with E-state index in [4.69, 9.17) is 11.6 Å². The van der Waals surface area contributed by atoms with Gasteiger partial charge in [-0.2, -0.15) is 0 Å².